The summed E-state index contributed by atoms with van der Waals surface area (Å²) in [5, 5.41) is 3.46. The van der Waals surface area contributed by atoms with Crippen LogP contribution in [0.2, 0.25) is 0 Å². The van der Waals surface area contributed by atoms with Crippen molar-refractivity contribution >= 4 is 0 Å². The van der Waals surface area contributed by atoms with E-state index in [0.29, 0.717) is 6.04 Å². The van der Waals surface area contributed by atoms with Crippen LogP contribution in [0.15, 0.2) is 16.5 Å². The Morgan fingerprint density at radius 2 is 2.05 bits per heavy atom. The lowest BCUT2D eigenvalue weighted by Crippen LogP contribution is -2.44. The van der Waals surface area contributed by atoms with Gasteiger partial charge in [-0.3, -0.25) is 4.90 Å². The first kappa shape index (κ1) is 16.5. The number of hydrogen-bond donors (Lipinski definition) is 1. The first-order valence-corrected chi connectivity index (χ1v) is 8.05. The van der Waals surface area contributed by atoms with Gasteiger partial charge in [-0.2, -0.15) is 0 Å². The molecule has 2 heterocycles. The Balaban J connectivity index is 1.84. The number of likely N-dealkylation sites (tertiary alicyclic amines) is 1. The van der Waals surface area contributed by atoms with Gasteiger partial charge in [0.15, 0.2) is 0 Å². The fourth-order valence-corrected chi connectivity index (χ4v) is 2.83. The highest BCUT2D eigenvalue weighted by Gasteiger charge is 2.21. The summed E-state index contributed by atoms with van der Waals surface area (Å²) in [6, 6.07) is 4.85. The van der Waals surface area contributed by atoms with Crippen LogP contribution in [0, 0.1) is 0 Å². The van der Waals surface area contributed by atoms with Gasteiger partial charge in [-0.1, -0.05) is 0 Å². The second-order valence-electron chi connectivity index (χ2n) is 7.44. The lowest BCUT2D eigenvalue weighted by molar-refractivity contribution is 0.122. The maximum Gasteiger partial charge on any atom is 0.118 e. The minimum atomic E-state index is 0.121. The normalized spacial score (nSPS) is 21.1. The Kier molecular flexibility index (Phi) is 5.47. The van der Waals surface area contributed by atoms with Crippen molar-refractivity contribution in [3.63, 3.8) is 0 Å². The third-order valence-corrected chi connectivity index (χ3v) is 4.14. The number of hydrogen-bond acceptors (Lipinski definition) is 4. The summed E-state index contributed by atoms with van der Waals surface area (Å²) in [7, 11) is 4.42. The van der Waals surface area contributed by atoms with Crippen molar-refractivity contribution in [2.45, 2.75) is 58.3 Å². The highest BCUT2D eigenvalue weighted by Crippen LogP contribution is 2.17. The smallest absolute Gasteiger partial charge is 0.118 e. The van der Waals surface area contributed by atoms with E-state index in [1.54, 1.807) is 0 Å². The van der Waals surface area contributed by atoms with Crippen LogP contribution >= 0.6 is 0 Å². The van der Waals surface area contributed by atoms with E-state index in [-0.39, 0.29) is 5.54 Å². The van der Waals surface area contributed by atoms with Crippen molar-refractivity contribution < 1.29 is 4.42 Å². The Morgan fingerprint density at radius 3 is 2.71 bits per heavy atom. The zero-order valence-corrected chi connectivity index (χ0v) is 14.3. The summed E-state index contributed by atoms with van der Waals surface area (Å²) in [6.07, 6.45) is 2.59. The van der Waals surface area contributed by atoms with Crippen LogP contribution in [0.3, 0.4) is 0 Å². The molecule has 0 amide bonds. The summed E-state index contributed by atoms with van der Waals surface area (Å²) >= 11 is 0. The van der Waals surface area contributed by atoms with Crippen molar-refractivity contribution in [1.82, 2.24) is 15.1 Å². The average molecular weight is 293 g/mol. The van der Waals surface area contributed by atoms with Crippen molar-refractivity contribution in [3.05, 3.63) is 23.7 Å². The van der Waals surface area contributed by atoms with E-state index in [0.717, 1.165) is 31.2 Å². The summed E-state index contributed by atoms with van der Waals surface area (Å²) in [6.45, 7) is 10.6. The quantitative estimate of drug-likeness (QED) is 0.904. The largest absolute Gasteiger partial charge is 0.463 e. The maximum atomic E-state index is 5.95. The van der Waals surface area contributed by atoms with Gasteiger partial charge in [-0.05, 0) is 66.4 Å². The van der Waals surface area contributed by atoms with Gasteiger partial charge in [-0.25, -0.2) is 0 Å². The second kappa shape index (κ2) is 6.95. The lowest BCUT2D eigenvalue weighted by atomic mass is 10.1. The number of nitrogens with zero attached hydrogens (tertiary/aromatic N) is 2. The van der Waals surface area contributed by atoms with E-state index < -0.39 is 0 Å². The average Bonchev–Trinajstić information content (AvgIpc) is 2.83. The van der Waals surface area contributed by atoms with Gasteiger partial charge in [0.1, 0.15) is 11.5 Å². The first-order chi connectivity index (χ1) is 9.83. The predicted octanol–water partition coefficient (Wildman–Crippen LogP) is 2.69. The summed E-state index contributed by atoms with van der Waals surface area (Å²) < 4.78 is 5.95. The molecular weight excluding hydrogens is 262 g/mol. The molecule has 120 valence electrons. The minimum Gasteiger partial charge on any atom is -0.463 e. The topological polar surface area (TPSA) is 31.6 Å². The van der Waals surface area contributed by atoms with Gasteiger partial charge in [0, 0.05) is 18.1 Å². The SMILES string of the molecule is CN1CCCC(N(C)Cc2ccc(CNC(C)(C)C)o2)C1. The van der Waals surface area contributed by atoms with E-state index in [2.05, 4.69) is 62.1 Å². The third kappa shape index (κ3) is 5.46. The molecule has 0 radical (unpaired) electrons. The summed E-state index contributed by atoms with van der Waals surface area (Å²) in [5.74, 6) is 2.09. The summed E-state index contributed by atoms with van der Waals surface area (Å²) in [4.78, 5) is 4.85. The molecule has 1 aliphatic heterocycles. The Labute approximate surface area is 129 Å². The van der Waals surface area contributed by atoms with E-state index in [1.165, 1.54) is 19.4 Å². The predicted molar refractivity (Wildman–Crippen MR) is 87.3 cm³/mol. The van der Waals surface area contributed by atoms with Gasteiger partial charge in [0.05, 0.1) is 13.1 Å². The Morgan fingerprint density at radius 1 is 1.33 bits per heavy atom. The van der Waals surface area contributed by atoms with E-state index in [1.807, 2.05) is 0 Å². The molecule has 4 nitrogen and oxygen atoms in total. The van der Waals surface area contributed by atoms with Crippen LogP contribution in [0.1, 0.15) is 45.1 Å². The molecule has 0 spiro atoms. The zero-order chi connectivity index (χ0) is 15.5. The van der Waals surface area contributed by atoms with Crippen LogP contribution in [0.25, 0.3) is 0 Å². The molecule has 1 aliphatic rings. The second-order valence-corrected chi connectivity index (χ2v) is 7.44. The monoisotopic (exact) mass is 293 g/mol. The van der Waals surface area contributed by atoms with Gasteiger partial charge < -0.3 is 14.6 Å². The molecule has 1 fully saturated rings. The molecule has 1 saturated heterocycles. The third-order valence-electron chi connectivity index (χ3n) is 4.14. The molecule has 4 heteroatoms. The maximum absolute atomic E-state index is 5.95. The van der Waals surface area contributed by atoms with Crippen LogP contribution < -0.4 is 5.32 Å². The molecule has 0 aromatic carbocycles. The molecule has 1 atom stereocenters. The molecule has 0 bridgehead atoms. The highest BCUT2D eigenvalue weighted by molar-refractivity contribution is 5.07. The Bertz CT molecular complexity index is 435. The first-order valence-electron chi connectivity index (χ1n) is 8.05. The fraction of sp³-hybridized carbons (Fsp3) is 0.765. The molecule has 1 unspecified atom stereocenters. The van der Waals surface area contributed by atoms with Gasteiger partial charge in [-0.15, -0.1) is 0 Å². The van der Waals surface area contributed by atoms with Gasteiger partial charge in [0.2, 0.25) is 0 Å². The van der Waals surface area contributed by atoms with E-state index in [4.69, 9.17) is 4.42 Å². The minimum absolute atomic E-state index is 0.121. The zero-order valence-electron chi connectivity index (χ0n) is 14.3. The highest BCUT2D eigenvalue weighted by atomic mass is 16.3. The molecule has 0 aliphatic carbocycles. The van der Waals surface area contributed by atoms with Gasteiger partial charge in [0.25, 0.3) is 0 Å². The van der Waals surface area contributed by atoms with Crippen LogP contribution in [0.4, 0.5) is 0 Å². The standard InChI is InChI=1S/C17H31N3O/c1-17(2,3)18-11-15-8-9-16(21-15)13-20(5)14-7-6-10-19(4)12-14/h8-9,14,18H,6-7,10-13H2,1-5H3. The molecule has 1 aromatic heterocycles. The molecule has 21 heavy (non-hydrogen) atoms. The molecule has 1 aromatic rings. The fourth-order valence-electron chi connectivity index (χ4n) is 2.83. The summed E-state index contributed by atoms with van der Waals surface area (Å²) in [5.41, 5.74) is 0.121. The number of furan rings is 1. The van der Waals surface area contributed by atoms with Crippen LogP contribution in [-0.2, 0) is 13.1 Å². The lowest BCUT2D eigenvalue weighted by Gasteiger charge is -2.35. The van der Waals surface area contributed by atoms with Crippen LogP contribution in [0.5, 0.6) is 0 Å². The van der Waals surface area contributed by atoms with Gasteiger partial charge >= 0.3 is 0 Å². The van der Waals surface area contributed by atoms with E-state index in [9.17, 15) is 0 Å². The van der Waals surface area contributed by atoms with Crippen molar-refractivity contribution in [1.29, 1.82) is 0 Å². The molecular formula is C17H31N3O. The molecule has 1 N–H and O–H groups in total. The Hall–Kier alpha value is -0.840. The molecule has 0 saturated carbocycles. The van der Waals surface area contributed by atoms with Crippen molar-refractivity contribution in [3.8, 4) is 0 Å². The van der Waals surface area contributed by atoms with Crippen molar-refractivity contribution in [2.75, 3.05) is 27.2 Å². The van der Waals surface area contributed by atoms with Crippen LogP contribution in [-0.4, -0.2) is 48.6 Å². The number of rotatable bonds is 5. The number of likely N-dealkylation sites (N-methyl/N-ethyl adjacent to an activating group) is 2. The number of piperidine rings is 1. The molecule has 2 rings (SSSR count). The van der Waals surface area contributed by atoms with Crippen molar-refractivity contribution in [2.24, 2.45) is 0 Å². The number of nitrogens with one attached hydrogen (secondary N) is 1. The van der Waals surface area contributed by atoms with E-state index >= 15 is 0 Å².